The van der Waals surface area contributed by atoms with Crippen molar-refractivity contribution in [3.63, 3.8) is 0 Å². The van der Waals surface area contributed by atoms with Crippen LogP contribution in [0.5, 0.6) is 34.5 Å². The monoisotopic (exact) mass is 1780 g/mol. The van der Waals surface area contributed by atoms with Gasteiger partial charge < -0.3 is 57.8 Å². The number of piperazine rings is 6. The van der Waals surface area contributed by atoms with Gasteiger partial charge in [0, 0.05) is 221 Å². The van der Waals surface area contributed by atoms with Crippen LogP contribution >= 0.6 is 11.6 Å². The van der Waals surface area contributed by atoms with E-state index in [0.717, 1.165) is 134 Å². The highest BCUT2D eigenvalue weighted by Crippen LogP contribution is 2.43. The zero-order chi connectivity index (χ0) is 91.0. The highest BCUT2D eigenvalue weighted by molar-refractivity contribution is 6.32. The third kappa shape index (κ3) is 20.6. The lowest BCUT2D eigenvalue weighted by Gasteiger charge is -2.57. The molecule has 0 N–H and O–H groups in total. The van der Waals surface area contributed by atoms with Crippen molar-refractivity contribution in [3.8, 4) is 34.5 Å². The Morgan fingerprint density at radius 2 is 0.591 bits per heavy atom. The number of carbonyl (C=O) groups is 6. The minimum atomic E-state index is -2.85. The predicted octanol–water partition coefficient (Wildman–Crippen LogP) is 14.3. The highest BCUT2D eigenvalue weighted by Gasteiger charge is 2.54. The van der Waals surface area contributed by atoms with Gasteiger partial charge in [-0.2, -0.15) is 8.78 Å². The Morgan fingerprint density at radius 3 is 0.874 bits per heavy atom. The molecule has 0 saturated carbocycles. The van der Waals surface area contributed by atoms with Crippen LogP contribution in [-0.2, 0) is 0 Å². The molecule has 0 spiro atoms. The molecule has 6 aromatic carbocycles. The van der Waals surface area contributed by atoms with Crippen LogP contribution in [0.2, 0.25) is 5.02 Å². The van der Waals surface area contributed by atoms with Crippen LogP contribution in [0, 0.1) is 18.6 Å². The third-order valence-electron chi connectivity index (χ3n) is 27.8. The molecular formula is C98H129ClF4N12O12. The number of amides is 6. The van der Waals surface area contributed by atoms with Crippen LogP contribution in [0.1, 0.15) is 203 Å². The number of nitrogens with zero attached hydrogens (tertiary/aromatic N) is 12. The molecule has 688 valence electrons. The number of hydrogen-bond acceptors (Lipinski definition) is 18. The lowest BCUT2D eigenvalue weighted by atomic mass is 9.86. The van der Waals surface area contributed by atoms with E-state index >= 15 is 0 Å². The fraction of sp³-hybridized carbons (Fsp3) is 0.571. The van der Waals surface area contributed by atoms with Crippen molar-refractivity contribution in [2.24, 2.45) is 0 Å². The second-order valence-corrected chi connectivity index (χ2v) is 38.6. The first-order valence-electron chi connectivity index (χ1n) is 45.6. The molecule has 14 saturated heterocycles. The number of piperidine rings is 6. The number of aryl methyl sites for hydroxylation is 1. The van der Waals surface area contributed by atoms with Crippen molar-refractivity contribution in [1.29, 1.82) is 0 Å². The average Bonchev–Trinajstić information content (AvgIpc) is 1.74. The van der Waals surface area contributed by atoms with Crippen molar-refractivity contribution < 1.29 is 74.8 Å². The Hall–Kier alpha value is -9.29. The van der Waals surface area contributed by atoms with E-state index in [-0.39, 0.29) is 89.8 Å². The standard InChI is InChI=1S/C18H26N2O2.C16H21ClN2O2.C16H20F2N2O2.C16H21FN2O2.C16H21FN2O.C16H20N2O3/c1-12(2)19-10-15-9-16(11-19)20(15)18(21)14-5-7-17(8-6-14)22-13(3)4;1-10(2)18-8-12-7-13(9-18)19(12)16(20)11-4-5-15(21-3)14(17)6-11;1-10(2)19-8-12-7-13(9-19)20(12)15(21)11-3-5-14(6-4-11)22-16(17)18;1-10(2)18-8-12-7-13(9-18)19(12)16(20)11-4-5-15(21-3)14(17)6-11;1-10(2)18-8-13-7-14(9-18)19(13)16(20)12-5-4-11(3)15(17)6-12;1-10(2)17-7-12-6-13(8-17)18(12)16(19)11-3-4-14-15(5-11)21-9-20-14/h5-8,12-13,15-16H,9-11H2,1-4H3;4-6,10,12-13H,7-9H2,1-3H3;3-6,10,12-13,16H,7-9H2,1-2H3;4-6,10,12-13H,7-9H2,1-3H3;4-6,10,13-14H,7-9H2,1-3H3;3-5,10,12-13H,6-9H2,1-2H3. The second-order valence-electron chi connectivity index (χ2n) is 38.1. The summed E-state index contributed by atoms with van der Waals surface area (Å²) in [5.41, 5.74) is 4.09. The fourth-order valence-electron chi connectivity index (χ4n) is 20.3. The maximum Gasteiger partial charge on any atom is 0.387 e. The molecule has 12 bridgehead atoms. The SMILES string of the molecule is CC(C)N1CC2CC(C1)N2C(=O)c1ccc(OC(F)F)cc1.CC(C)N1CC2CC(C1)N2C(=O)c1ccc2c(c1)OCO2.CC(C)Oc1ccc(C(=O)N2C3CC2CN(C(C)C)C3)cc1.COc1ccc(C(=O)N2C3CC2CN(C(C)C)C3)cc1Cl.COc1ccc(C(=O)N2C3CC2CN(C(C)C)C3)cc1F.Cc1ccc(C(=O)N2C3CC2CN(C(C)C)C3)cc1F. The first-order chi connectivity index (χ1) is 60.5. The van der Waals surface area contributed by atoms with Crippen LogP contribution in [0.3, 0.4) is 0 Å². The number of carbonyl (C=O) groups excluding carboxylic acids is 6. The summed E-state index contributed by atoms with van der Waals surface area (Å²) in [6.07, 6.45) is 6.78. The molecule has 24 nitrogen and oxygen atoms in total. The van der Waals surface area contributed by atoms with Gasteiger partial charge in [-0.25, -0.2) is 8.78 Å². The summed E-state index contributed by atoms with van der Waals surface area (Å²) in [4.78, 5) is 102. The van der Waals surface area contributed by atoms with Gasteiger partial charge in [0.15, 0.2) is 23.1 Å². The van der Waals surface area contributed by atoms with E-state index in [9.17, 15) is 46.3 Å². The number of alkyl halides is 2. The summed E-state index contributed by atoms with van der Waals surface area (Å²) in [5, 5.41) is 0.484. The Balaban J connectivity index is 0.000000123. The molecule has 12 atom stereocenters. The Labute approximate surface area is 751 Å². The molecule has 21 rings (SSSR count). The van der Waals surface area contributed by atoms with Gasteiger partial charge >= 0.3 is 6.61 Å². The van der Waals surface area contributed by atoms with Gasteiger partial charge in [-0.15, -0.1) is 0 Å². The number of halogens is 5. The summed E-state index contributed by atoms with van der Waals surface area (Å²) < 4.78 is 82.2. The maximum atomic E-state index is 13.8. The molecule has 15 heterocycles. The summed E-state index contributed by atoms with van der Waals surface area (Å²) in [5.74, 6) is 2.54. The highest BCUT2D eigenvalue weighted by atomic mass is 35.5. The Bertz CT molecular complexity index is 4620. The van der Waals surface area contributed by atoms with E-state index in [4.69, 9.17) is 35.3 Å². The number of likely N-dealkylation sites (tertiary alicyclic amines) is 8. The predicted molar refractivity (Wildman–Crippen MR) is 480 cm³/mol. The average molecular weight is 1780 g/mol. The van der Waals surface area contributed by atoms with E-state index < -0.39 is 12.4 Å². The maximum absolute atomic E-state index is 13.8. The molecule has 0 aliphatic carbocycles. The van der Waals surface area contributed by atoms with Crippen LogP contribution in [-0.4, -0.2) is 315 Å². The quantitative estimate of drug-likeness (QED) is 0.0736. The molecule has 6 aromatic rings. The Morgan fingerprint density at radius 1 is 0.331 bits per heavy atom. The molecule has 6 amide bonds. The van der Waals surface area contributed by atoms with Gasteiger partial charge in [0.2, 0.25) is 6.79 Å². The molecule has 29 heteroatoms. The molecular weight excluding hydrogens is 1650 g/mol. The second kappa shape index (κ2) is 40.0. The van der Waals surface area contributed by atoms with Crippen molar-refractivity contribution in [1.82, 2.24) is 58.8 Å². The number of fused-ring (bicyclic) bond motifs is 13. The first-order valence-corrected chi connectivity index (χ1v) is 46.0. The molecule has 0 aromatic heterocycles. The van der Waals surface area contributed by atoms with E-state index in [2.05, 4.69) is 127 Å². The van der Waals surface area contributed by atoms with Gasteiger partial charge in [0.1, 0.15) is 23.1 Å². The van der Waals surface area contributed by atoms with E-state index in [1.54, 1.807) is 68.6 Å². The zero-order valence-corrected chi connectivity index (χ0v) is 77.4. The number of ether oxygens (including phenoxy) is 6. The minimum Gasteiger partial charge on any atom is -0.495 e. The van der Waals surface area contributed by atoms with Gasteiger partial charge in [-0.05, 0) is 263 Å². The normalized spacial score (nSPS) is 25.2. The number of benzene rings is 6. The van der Waals surface area contributed by atoms with Crippen molar-refractivity contribution in [3.05, 3.63) is 177 Å². The van der Waals surface area contributed by atoms with Gasteiger partial charge in [-0.3, -0.25) is 58.2 Å². The topological polar surface area (TPSA) is 197 Å². The molecule has 127 heavy (non-hydrogen) atoms. The molecule has 15 aliphatic rings. The van der Waals surface area contributed by atoms with E-state index in [1.807, 2.05) is 69.8 Å². The summed E-state index contributed by atoms with van der Waals surface area (Å²) >= 11 is 6.12. The molecule has 14 fully saturated rings. The first kappa shape index (κ1) is 93.8. The van der Waals surface area contributed by atoms with Crippen molar-refractivity contribution in [2.75, 3.05) is 99.5 Å². The molecule has 12 unspecified atom stereocenters. The van der Waals surface area contributed by atoms with Crippen LogP contribution < -0.4 is 28.4 Å². The minimum absolute atomic E-state index is 0.0199. The zero-order valence-electron chi connectivity index (χ0n) is 76.7. The summed E-state index contributed by atoms with van der Waals surface area (Å²) in [6.45, 7) is 40.9. The fourth-order valence-corrected chi connectivity index (χ4v) is 20.6. The summed E-state index contributed by atoms with van der Waals surface area (Å²) in [6, 6.07) is 40.5. The smallest absolute Gasteiger partial charge is 0.387 e. The van der Waals surface area contributed by atoms with E-state index in [0.29, 0.717) is 134 Å². The number of hydrogen-bond donors (Lipinski definition) is 0. The lowest BCUT2D eigenvalue weighted by molar-refractivity contribution is -0.0566. The molecule has 0 radical (unpaired) electrons. The van der Waals surface area contributed by atoms with Crippen molar-refractivity contribution in [2.45, 2.75) is 264 Å². The lowest BCUT2D eigenvalue weighted by Crippen LogP contribution is -2.70. The third-order valence-corrected chi connectivity index (χ3v) is 28.0. The van der Waals surface area contributed by atoms with Gasteiger partial charge in [0.05, 0.1) is 25.3 Å². The van der Waals surface area contributed by atoms with Crippen LogP contribution in [0.15, 0.2) is 121 Å². The number of rotatable bonds is 18. The summed E-state index contributed by atoms with van der Waals surface area (Å²) in [7, 11) is 2.99. The van der Waals surface area contributed by atoms with Gasteiger partial charge in [-0.1, -0.05) is 17.7 Å². The van der Waals surface area contributed by atoms with Crippen molar-refractivity contribution >= 4 is 47.0 Å². The molecule has 15 aliphatic heterocycles. The van der Waals surface area contributed by atoms with Crippen LogP contribution in [0.4, 0.5) is 17.6 Å². The van der Waals surface area contributed by atoms with Gasteiger partial charge in [0.25, 0.3) is 35.4 Å². The van der Waals surface area contributed by atoms with E-state index in [1.165, 1.54) is 37.4 Å². The largest absolute Gasteiger partial charge is 0.495 e. The Kier molecular flexibility index (Phi) is 29.5. The van der Waals surface area contributed by atoms with Crippen LogP contribution in [0.25, 0.3) is 0 Å². The number of methoxy groups -OCH3 is 2.